The summed E-state index contributed by atoms with van der Waals surface area (Å²) in [7, 11) is 0. The predicted molar refractivity (Wildman–Crippen MR) is 44.9 cm³/mol. The maximum atomic E-state index is 5.65. The molecule has 1 heterocycles. The molecule has 0 aliphatic carbocycles. The lowest BCUT2D eigenvalue weighted by Crippen LogP contribution is -2.52. The van der Waals surface area contributed by atoms with Gasteiger partial charge in [0.15, 0.2) is 0 Å². The fourth-order valence-corrected chi connectivity index (χ4v) is 1.49. The molecule has 1 fully saturated rings. The summed E-state index contributed by atoms with van der Waals surface area (Å²) >= 11 is 0. The third-order valence-electron chi connectivity index (χ3n) is 1.92. The Kier molecular flexibility index (Phi) is 2.87. The zero-order valence-corrected chi connectivity index (χ0v) is 7.29. The van der Waals surface area contributed by atoms with E-state index < -0.39 is 0 Å². The first-order valence-electron chi connectivity index (χ1n) is 4.07. The van der Waals surface area contributed by atoms with Gasteiger partial charge in [0, 0.05) is 13.1 Å². The first-order chi connectivity index (χ1) is 5.09. The quantitative estimate of drug-likeness (QED) is 0.591. The van der Waals surface area contributed by atoms with Crippen LogP contribution in [-0.2, 0) is 4.74 Å². The number of hydrogen-bond acceptors (Lipinski definition) is 3. The summed E-state index contributed by atoms with van der Waals surface area (Å²) in [6.07, 6.45) is 0.474. The highest BCUT2D eigenvalue weighted by Gasteiger charge is 2.23. The molecule has 3 unspecified atom stereocenters. The Hall–Kier alpha value is -0.120. The molecule has 1 saturated heterocycles. The van der Waals surface area contributed by atoms with Gasteiger partial charge in [-0.1, -0.05) is 0 Å². The molecule has 1 aliphatic rings. The lowest BCUT2D eigenvalue weighted by molar-refractivity contribution is -0.0750. The van der Waals surface area contributed by atoms with Crippen LogP contribution in [0.1, 0.15) is 13.8 Å². The van der Waals surface area contributed by atoms with Crippen molar-refractivity contribution in [2.75, 3.05) is 13.1 Å². The summed E-state index contributed by atoms with van der Waals surface area (Å²) < 4.78 is 5.54. The summed E-state index contributed by atoms with van der Waals surface area (Å²) in [5.41, 5.74) is 5.65. The van der Waals surface area contributed by atoms with Gasteiger partial charge in [-0.3, -0.25) is 4.90 Å². The van der Waals surface area contributed by atoms with Crippen LogP contribution in [0.5, 0.6) is 0 Å². The lowest BCUT2D eigenvalue weighted by Gasteiger charge is -2.37. The predicted octanol–water partition coefficient (Wildman–Crippen LogP) is 0.214. The second kappa shape index (κ2) is 3.52. The Bertz CT molecular complexity index is 117. The minimum Gasteiger partial charge on any atom is -0.373 e. The second-order valence-electron chi connectivity index (χ2n) is 3.28. The summed E-state index contributed by atoms with van der Waals surface area (Å²) in [5.74, 6) is 0. The van der Waals surface area contributed by atoms with Crippen LogP contribution < -0.4 is 5.73 Å². The van der Waals surface area contributed by atoms with Crippen LogP contribution in [0.25, 0.3) is 0 Å². The molecule has 1 rings (SSSR count). The third kappa shape index (κ3) is 2.43. The van der Waals surface area contributed by atoms with Gasteiger partial charge in [-0.05, 0) is 20.8 Å². The van der Waals surface area contributed by atoms with Crippen molar-refractivity contribution in [3.8, 4) is 0 Å². The van der Waals surface area contributed by atoms with Crippen molar-refractivity contribution in [3.63, 3.8) is 0 Å². The first-order valence-corrected chi connectivity index (χ1v) is 4.07. The molecule has 0 aromatic rings. The van der Waals surface area contributed by atoms with Gasteiger partial charge in [-0.25, -0.2) is 0 Å². The topological polar surface area (TPSA) is 38.5 Å². The van der Waals surface area contributed by atoms with Gasteiger partial charge < -0.3 is 10.5 Å². The van der Waals surface area contributed by atoms with Crippen molar-refractivity contribution in [2.24, 2.45) is 5.73 Å². The average Bonchev–Trinajstić information content (AvgIpc) is 1.85. The van der Waals surface area contributed by atoms with Crippen molar-refractivity contribution in [2.45, 2.75) is 32.2 Å². The number of nitrogens with two attached hydrogens (primary N) is 1. The second-order valence-corrected chi connectivity index (χ2v) is 3.28. The molecule has 3 nitrogen and oxygen atoms in total. The summed E-state index contributed by atoms with van der Waals surface area (Å²) in [6.45, 7) is 9.70. The van der Waals surface area contributed by atoms with Crippen molar-refractivity contribution in [3.05, 3.63) is 6.92 Å². The van der Waals surface area contributed by atoms with Gasteiger partial charge in [0.05, 0.1) is 18.4 Å². The van der Waals surface area contributed by atoms with Gasteiger partial charge >= 0.3 is 0 Å². The highest BCUT2D eigenvalue weighted by Crippen LogP contribution is 2.10. The summed E-state index contributed by atoms with van der Waals surface area (Å²) in [5, 5.41) is 0. The minimum atomic E-state index is -0.0937. The largest absolute Gasteiger partial charge is 0.373 e. The lowest BCUT2D eigenvalue weighted by atomic mass is 10.2. The van der Waals surface area contributed by atoms with Gasteiger partial charge in [0.2, 0.25) is 0 Å². The maximum Gasteiger partial charge on any atom is 0.0678 e. The standard InChI is InChI=1S/C8H17N2O/c1-6-4-10(8(3)9)5-7(2)11-6/h6-8H,3-5,9H2,1-2H3. The molecule has 0 spiro atoms. The van der Waals surface area contributed by atoms with E-state index in [1.165, 1.54) is 0 Å². The van der Waals surface area contributed by atoms with Crippen molar-refractivity contribution in [1.82, 2.24) is 4.90 Å². The zero-order chi connectivity index (χ0) is 8.43. The molecular formula is C8H17N2O. The molecule has 0 saturated carbocycles. The Morgan fingerprint density at radius 3 is 2.27 bits per heavy atom. The molecule has 0 amide bonds. The fraction of sp³-hybridized carbons (Fsp3) is 0.875. The van der Waals surface area contributed by atoms with E-state index in [2.05, 4.69) is 25.7 Å². The van der Waals surface area contributed by atoms with Crippen LogP contribution in [0, 0.1) is 6.92 Å². The molecule has 0 bridgehead atoms. The van der Waals surface area contributed by atoms with Crippen LogP contribution >= 0.6 is 0 Å². The number of hydrogen-bond donors (Lipinski definition) is 1. The highest BCUT2D eigenvalue weighted by atomic mass is 16.5. The van der Waals surface area contributed by atoms with E-state index in [1.807, 2.05) is 0 Å². The van der Waals surface area contributed by atoms with E-state index in [9.17, 15) is 0 Å². The van der Waals surface area contributed by atoms with Crippen molar-refractivity contribution < 1.29 is 4.74 Å². The van der Waals surface area contributed by atoms with Crippen LogP contribution in [-0.4, -0.2) is 36.4 Å². The molecule has 0 aromatic carbocycles. The van der Waals surface area contributed by atoms with E-state index in [0.29, 0.717) is 0 Å². The fourth-order valence-electron chi connectivity index (χ4n) is 1.49. The molecule has 2 N–H and O–H groups in total. The number of nitrogens with zero attached hydrogens (tertiary/aromatic N) is 1. The Balaban J connectivity index is 2.43. The molecule has 11 heavy (non-hydrogen) atoms. The van der Waals surface area contributed by atoms with Crippen molar-refractivity contribution >= 4 is 0 Å². The molecule has 1 radical (unpaired) electrons. The maximum absolute atomic E-state index is 5.65. The number of rotatable bonds is 1. The average molecular weight is 157 g/mol. The summed E-state index contributed by atoms with van der Waals surface area (Å²) in [6, 6.07) is 0. The van der Waals surface area contributed by atoms with E-state index >= 15 is 0 Å². The van der Waals surface area contributed by atoms with E-state index in [4.69, 9.17) is 10.5 Å². The smallest absolute Gasteiger partial charge is 0.0678 e. The SMILES string of the molecule is [CH2]C(N)N1CC(C)OC(C)C1. The molecular weight excluding hydrogens is 140 g/mol. The van der Waals surface area contributed by atoms with Gasteiger partial charge in [0.25, 0.3) is 0 Å². The zero-order valence-electron chi connectivity index (χ0n) is 7.29. The van der Waals surface area contributed by atoms with E-state index in [1.54, 1.807) is 0 Å². The van der Waals surface area contributed by atoms with Crippen LogP contribution in [0.2, 0.25) is 0 Å². The molecule has 0 aromatic heterocycles. The van der Waals surface area contributed by atoms with Gasteiger partial charge in [0.1, 0.15) is 0 Å². The monoisotopic (exact) mass is 157 g/mol. The highest BCUT2D eigenvalue weighted by molar-refractivity contribution is 4.77. The molecule has 3 heteroatoms. The van der Waals surface area contributed by atoms with Gasteiger partial charge in [-0.2, -0.15) is 0 Å². The normalized spacial score (nSPS) is 37.1. The van der Waals surface area contributed by atoms with Crippen LogP contribution in [0.15, 0.2) is 0 Å². The van der Waals surface area contributed by atoms with Crippen LogP contribution in [0.3, 0.4) is 0 Å². The Morgan fingerprint density at radius 2 is 1.91 bits per heavy atom. The van der Waals surface area contributed by atoms with E-state index in [-0.39, 0.29) is 18.4 Å². The van der Waals surface area contributed by atoms with Crippen molar-refractivity contribution in [1.29, 1.82) is 0 Å². The Labute approximate surface area is 68.5 Å². The minimum absolute atomic E-state index is 0.0937. The molecule has 3 atom stereocenters. The summed E-state index contributed by atoms with van der Waals surface area (Å²) in [4.78, 5) is 2.14. The van der Waals surface area contributed by atoms with Crippen LogP contribution in [0.4, 0.5) is 0 Å². The van der Waals surface area contributed by atoms with Gasteiger partial charge in [-0.15, -0.1) is 0 Å². The molecule has 65 valence electrons. The Morgan fingerprint density at radius 1 is 1.45 bits per heavy atom. The number of morpholine rings is 1. The first kappa shape index (κ1) is 8.97. The molecule has 1 aliphatic heterocycles. The van der Waals surface area contributed by atoms with E-state index in [0.717, 1.165) is 13.1 Å². The third-order valence-corrected chi connectivity index (χ3v) is 1.92. The number of ether oxygens (including phenoxy) is 1.